The second-order valence-corrected chi connectivity index (χ2v) is 18.3. The van der Waals surface area contributed by atoms with E-state index in [2.05, 4.69) is 97.9 Å². The van der Waals surface area contributed by atoms with Gasteiger partial charge in [-0.1, -0.05) is 109 Å². The van der Waals surface area contributed by atoms with Crippen LogP contribution >= 0.6 is 0 Å². The van der Waals surface area contributed by atoms with Gasteiger partial charge in [-0.3, -0.25) is 0 Å². The van der Waals surface area contributed by atoms with Gasteiger partial charge in [0.1, 0.15) is 0 Å². The van der Waals surface area contributed by atoms with Gasteiger partial charge in [0.05, 0.1) is 0 Å². The number of allylic oxidation sites excluding steroid dienone is 4. The third kappa shape index (κ3) is 5.30. The van der Waals surface area contributed by atoms with Crippen LogP contribution < -0.4 is 24.8 Å². The topological polar surface area (TPSA) is 0 Å². The van der Waals surface area contributed by atoms with Crippen molar-refractivity contribution in [1.82, 2.24) is 0 Å². The Labute approximate surface area is 306 Å². The smallest absolute Gasteiger partial charge is 1.00 e. The Morgan fingerprint density at radius 2 is 1.18 bits per heavy atom. The van der Waals surface area contributed by atoms with Gasteiger partial charge in [0.15, 0.2) is 0 Å². The largest absolute Gasteiger partial charge is 2.00 e. The van der Waals surface area contributed by atoms with Crippen LogP contribution in [0.3, 0.4) is 0 Å². The van der Waals surface area contributed by atoms with Gasteiger partial charge < -0.3 is 24.8 Å². The fourth-order valence-electron chi connectivity index (χ4n) is 11.6. The Morgan fingerprint density at radius 3 is 1.60 bits per heavy atom. The van der Waals surface area contributed by atoms with Crippen LogP contribution in [0.4, 0.5) is 0 Å². The molecular weight excluding hydrogens is 667 g/mol. The summed E-state index contributed by atoms with van der Waals surface area (Å²) in [5, 5.41) is 0. The van der Waals surface area contributed by atoms with Gasteiger partial charge in [-0.25, -0.2) is 0 Å². The van der Waals surface area contributed by atoms with E-state index in [4.69, 9.17) is 0 Å². The molecule has 3 heteroatoms. The van der Waals surface area contributed by atoms with Crippen molar-refractivity contribution >= 4 is 0 Å². The number of hydrogen-bond acceptors (Lipinski definition) is 0. The molecule has 1 atom stereocenters. The molecule has 1 unspecified atom stereocenters. The van der Waals surface area contributed by atoms with Crippen LogP contribution in [0, 0.1) is 34.5 Å². The van der Waals surface area contributed by atoms with Gasteiger partial charge >= 0.3 is 26.2 Å². The molecular formula is C42H54Cl2Zr. The number of hydrogen-bond donors (Lipinski definition) is 0. The van der Waals surface area contributed by atoms with E-state index < -0.39 is 0 Å². The van der Waals surface area contributed by atoms with E-state index in [9.17, 15) is 0 Å². The van der Waals surface area contributed by atoms with E-state index >= 15 is 0 Å². The minimum absolute atomic E-state index is 0. The molecule has 0 aromatic heterocycles. The fourth-order valence-corrected chi connectivity index (χ4v) is 11.6. The van der Waals surface area contributed by atoms with E-state index in [0.29, 0.717) is 17.3 Å². The summed E-state index contributed by atoms with van der Waals surface area (Å²) in [4.78, 5) is 0. The molecule has 7 aliphatic carbocycles. The molecule has 4 bridgehead atoms. The first-order chi connectivity index (χ1) is 19.8. The molecule has 0 radical (unpaired) electrons. The predicted molar refractivity (Wildman–Crippen MR) is 178 cm³/mol. The van der Waals surface area contributed by atoms with Crippen molar-refractivity contribution in [2.45, 2.75) is 130 Å². The van der Waals surface area contributed by atoms with E-state index in [-0.39, 0.29) is 67.3 Å². The molecule has 0 N–H and O–H groups in total. The normalized spacial score (nSPS) is 31.2. The Balaban J connectivity index is 0.00000133. The molecule has 45 heavy (non-hydrogen) atoms. The van der Waals surface area contributed by atoms with Gasteiger partial charge in [-0.2, -0.15) is 0 Å². The molecule has 2 aromatic rings. The molecule has 2 aromatic carbocycles. The van der Waals surface area contributed by atoms with Gasteiger partial charge in [0.25, 0.3) is 0 Å². The first-order valence-corrected chi connectivity index (χ1v) is 17.5. The van der Waals surface area contributed by atoms with Crippen molar-refractivity contribution < 1.29 is 51.0 Å². The van der Waals surface area contributed by atoms with Gasteiger partial charge in [-0.05, 0) is 137 Å². The standard InChI is InChI=1S/C42H54.2ClH.Zr/c1-25(2)42(14-13-29-18-32(21-37(29)42)41-22-26-15-27(23-41)17-28(16-26)24-41)38-33-11-9-30(39(3,4)5)19-35(33)36-20-31(40(6,7)8)10-12-34(36)38;;;/h9-12,19-21,25-28,38H,13-18,22-24H2,1-8H3;2*1H;/q;;;+2/p-2. The zero-order chi connectivity index (χ0) is 29.4. The first-order valence-electron chi connectivity index (χ1n) is 17.5. The summed E-state index contributed by atoms with van der Waals surface area (Å²) in [6.07, 6.45) is 15.9. The Kier molecular flexibility index (Phi) is 9.33. The molecule has 0 heterocycles. The SMILES string of the molecule is CC(C)C1(C2c3ccc(C(C)(C)C)cc3-c3cc(C(C)(C)C)ccc32)CCC2=C1C=C(C13CC4CC(CC(C4)C1)C3)C2.[Cl-].[Cl-].[Zr+2]. The summed E-state index contributed by atoms with van der Waals surface area (Å²) >= 11 is 0. The van der Waals surface area contributed by atoms with Crippen molar-refractivity contribution in [3.05, 3.63) is 81.4 Å². The van der Waals surface area contributed by atoms with Crippen molar-refractivity contribution in [2.75, 3.05) is 0 Å². The molecule has 0 amide bonds. The molecule has 0 spiro atoms. The van der Waals surface area contributed by atoms with Crippen molar-refractivity contribution in [3.8, 4) is 11.1 Å². The summed E-state index contributed by atoms with van der Waals surface area (Å²) in [5.74, 6) is 4.11. The van der Waals surface area contributed by atoms with Crippen LogP contribution in [0.5, 0.6) is 0 Å². The van der Waals surface area contributed by atoms with Gasteiger partial charge in [-0.15, -0.1) is 0 Å². The van der Waals surface area contributed by atoms with E-state index in [1.165, 1.54) is 80.0 Å². The molecule has 0 nitrogen and oxygen atoms in total. The Bertz CT molecular complexity index is 1440. The maximum atomic E-state index is 2.86. The number of rotatable bonds is 3. The zero-order valence-corrected chi connectivity index (χ0v) is 33.0. The molecule has 4 fully saturated rings. The summed E-state index contributed by atoms with van der Waals surface area (Å²) in [6.45, 7) is 19.3. The summed E-state index contributed by atoms with van der Waals surface area (Å²) < 4.78 is 0. The average Bonchev–Trinajstić information content (AvgIpc) is 3.57. The maximum absolute atomic E-state index is 2.86. The van der Waals surface area contributed by atoms with E-state index in [0.717, 1.165) is 17.8 Å². The van der Waals surface area contributed by atoms with Crippen LogP contribution in [0.25, 0.3) is 11.1 Å². The van der Waals surface area contributed by atoms with Crippen LogP contribution in [-0.4, -0.2) is 0 Å². The Hall–Kier alpha value is -0.617. The average molecular weight is 721 g/mol. The third-order valence-electron chi connectivity index (χ3n) is 13.5. The maximum Gasteiger partial charge on any atom is 2.00 e. The zero-order valence-electron chi connectivity index (χ0n) is 29.0. The number of benzene rings is 2. The van der Waals surface area contributed by atoms with Crippen LogP contribution in [-0.2, 0) is 37.0 Å². The van der Waals surface area contributed by atoms with Gasteiger partial charge in [0.2, 0.25) is 0 Å². The third-order valence-corrected chi connectivity index (χ3v) is 13.5. The van der Waals surface area contributed by atoms with Crippen LogP contribution in [0.2, 0.25) is 0 Å². The molecule has 7 aliphatic rings. The monoisotopic (exact) mass is 718 g/mol. The van der Waals surface area contributed by atoms with Crippen molar-refractivity contribution in [1.29, 1.82) is 0 Å². The predicted octanol–water partition coefficient (Wildman–Crippen LogP) is 5.68. The summed E-state index contributed by atoms with van der Waals surface area (Å²) in [5.41, 5.74) is 15.7. The Morgan fingerprint density at radius 1 is 0.711 bits per heavy atom. The number of fused-ring (bicyclic) bond motifs is 3. The minimum atomic E-state index is 0. The molecule has 4 saturated carbocycles. The van der Waals surface area contributed by atoms with Gasteiger partial charge in [0, 0.05) is 11.3 Å². The second kappa shape index (κ2) is 11.8. The molecule has 0 saturated heterocycles. The molecule has 0 aliphatic heterocycles. The summed E-state index contributed by atoms with van der Waals surface area (Å²) in [6, 6.07) is 15.2. The number of halogens is 2. The first kappa shape index (κ1) is 35.7. The van der Waals surface area contributed by atoms with Crippen molar-refractivity contribution in [3.63, 3.8) is 0 Å². The minimum Gasteiger partial charge on any atom is -1.00 e. The second-order valence-electron chi connectivity index (χ2n) is 18.3. The summed E-state index contributed by atoms with van der Waals surface area (Å²) in [7, 11) is 0. The quantitative estimate of drug-likeness (QED) is 0.383. The van der Waals surface area contributed by atoms with E-state index in [1.807, 2.05) is 11.1 Å². The molecule has 9 rings (SSSR count). The van der Waals surface area contributed by atoms with Crippen LogP contribution in [0.1, 0.15) is 141 Å². The van der Waals surface area contributed by atoms with Crippen molar-refractivity contribution in [2.24, 2.45) is 34.5 Å². The molecule has 240 valence electrons. The van der Waals surface area contributed by atoms with Crippen LogP contribution in [0.15, 0.2) is 59.2 Å². The fraction of sp³-hybridized carbons (Fsp3) is 0.619. The van der Waals surface area contributed by atoms with E-state index in [1.54, 1.807) is 16.7 Å².